The fraction of sp³-hybridized carbons (Fsp3) is 0.294. The van der Waals surface area contributed by atoms with Crippen molar-refractivity contribution in [2.45, 2.75) is 6.92 Å². The third-order valence-corrected chi connectivity index (χ3v) is 3.96. The zero-order valence-corrected chi connectivity index (χ0v) is 12.5. The van der Waals surface area contributed by atoms with Gasteiger partial charge in [0.25, 0.3) is 0 Å². The Morgan fingerprint density at radius 2 is 1.82 bits per heavy atom. The molecule has 0 atom stereocenters. The van der Waals surface area contributed by atoms with Gasteiger partial charge >= 0.3 is 0 Å². The summed E-state index contributed by atoms with van der Waals surface area (Å²) in [6.45, 7) is 2.82. The molecule has 0 aliphatic rings. The van der Waals surface area contributed by atoms with Gasteiger partial charge in [-0.15, -0.1) is 0 Å². The maximum Gasteiger partial charge on any atom is 0.160 e. The van der Waals surface area contributed by atoms with Crippen LogP contribution in [0.3, 0.4) is 0 Å². The molecular formula is C17H20N2O3. The molecule has 116 valence electrons. The molecule has 3 aromatic rings. The Bertz CT molecular complexity index is 804. The lowest BCUT2D eigenvalue weighted by molar-refractivity contribution is 0.281. The van der Waals surface area contributed by atoms with Crippen LogP contribution in [0.25, 0.3) is 21.9 Å². The number of nitrogens with zero attached hydrogens (tertiary/aromatic N) is 1. The average Bonchev–Trinajstić information content (AvgIpc) is 2.90. The van der Waals surface area contributed by atoms with E-state index >= 15 is 0 Å². The highest BCUT2D eigenvalue weighted by Gasteiger charge is 2.19. The van der Waals surface area contributed by atoms with Crippen LogP contribution < -0.4 is 10.6 Å². The van der Waals surface area contributed by atoms with Crippen molar-refractivity contribution < 1.29 is 14.6 Å². The van der Waals surface area contributed by atoms with Gasteiger partial charge in [-0.2, -0.15) is 0 Å². The molecule has 3 rings (SSSR count). The average molecular weight is 300 g/mol. The molecule has 0 bridgehead atoms. The van der Waals surface area contributed by atoms with Crippen LogP contribution in [0.1, 0.15) is 5.56 Å². The Kier molecular flexibility index (Phi) is 3.92. The number of nitrogen functional groups attached to an aromatic ring is 1. The zero-order valence-electron chi connectivity index (χ0n) is 12.5. The SMILES string of the molecule is Cc1cc(N(CCO)CCO)c2oc3ccccc3c2c1N. The maximum absolute atomic E-state index is 9.28. The second-order valence-corrected chi connectivity index (χ2v) is 5.36. The highest BCUT2D eigenvalue weighted by Crippen LogP contribution is 2.40. The third-order valence-electron chi connectivity index (χ3n) is 3.96. The molecule has 4 N–H and O–H groups in total. The summed E-state index contributed by atoms with van der Waals surface area (Å²) in [6, 6.07) is 9.73. The van der Waals surface area contributed by atoms with Crippen molar-refractivity contribution in [1.29, 1.82) is 0 Å². The second kappa shape index (κ2) is 5.87. The molecule has 5 heteroatoms. The van der Waals surface area contributed by atoms with E-state index in [1.807, 2.05) is 42.2 Å². The lowest BCUT2D eigenvalue weighted by atomic mass is 10.0. The first-order valence-corrected chi connectivity index (χ1v) is 7.34. The number of para-hydroxylation sites is 1. The molecule has 0 amide bonds. The number of aryl methyl sites for hydroxylation is 1. The van der Waals surface area contributed by atoms with Crippen molar-refractivity contribution in [3.8, 4) is 0 Å². The Hall–Kier alpha value is -2.24. The van der Waals surface area contributed by atoms with Crippen LogP contribution in [0.5, 0.6) is 0 Å². The Morgan fingerprint density at radius 1 is 1.14 bits per heavy atom. The normalized spacial score (nSPS) is 11.4. The monoisotopic (exact) mass is 300 g/mol. The first-order chi connectivity index (χ1) is 10.7. The van der Waals surface area contributed by atoms with Gasteiger partial charge in [0.2, 0.25) is 0 Å². The van der Waals surface area contributed by atoms with Gasteiger partial charge in [0.05, 0.1) is 24.3 Å². The summed E-state index contributed by atoms with van der Waals surface area (Å²) in [7, 11) is 0. The minimum atomic E-state index is 0.00510. The van der Waals surface area contributed by atoms with Crippen molar-refractivity contribution in [3.63, 3.8) is 0 Å². The van der Waals surface area contributed by atoms with Gasteiger partial charge in [-0.1, -0.05) is 18.2 Å². The number of aliphatic hydroxyl groups is 2. The van der Waals surface area contributed by atoms with Gasteiger partial charge in [0.15, 0.2) is 5.58 Å². The molecule has 0 spiro atoms. The molecule has 0 fully saturated rings. The number of hydrogen-bond donors (Lipinski definition) is 3. The Morgan fingerprint density at radius 3 is 2.50 bits per heavy atom. The van der Waals surface area contributed by atoms with Crippen LogP contribution >= 0.6 is 0 Å². The summed E-state index contributed by atoms with van der Waals surface area (Å²) in [5.74, 6) is 0. The van der Waals surface area contributed by atoms with E-state index in [9.17, 15) is 10.2 Å². The molecule has 0 aliphatic heterocycles. The minimum absolute atomic E-state index is 0.00510. The molecule has 1 aromatic heterocycles. The minimum Gasteiger partial charge on any atom is -0.454 e. The number of aliphatic hydroxyl groups excluding tert-OH is 2. The van der Waals surface area contributed by atoms with Crippen molar-refractivity contribution in [2.24, 2.45) is 0 Å². The first-order valence-electron chi connectivity index (χ1n) is 7.34. The van der Waals surface area contributed by atoms with Gasteiger partial charge in [-0.05, 0) is 24.6 Å². The highest BCUT2D eigenvalue weighted by atomic mass is 16.3. The largest absolute Gasteiger partial charge is 0.454 e. The number of rotatable bonds is 5. The molecule has 0 saturated heterocycles. The zero-order chi connectivity index (χ0) is 15.7. The van der Waals surface area contributed by atoms with Crippen molar-refractivity contribution in [3.05, 3.63) is 35.9 Å². The Balaban J connectivity index is 2.32. The molecule has 0 unspecified atom stereocenters. The van der Waals surface area contributed by atoms with Gasteiger partial charge in [-0.3, -0.25) is 0 Å². The first kappa shape index (κ1) is 14.7. The number of fused-ring (bicyclic) bond motifs is 3. The lowest BCUT2D eigenvalue weighted by Crippen LogP contribution is -2.29. The van der Waals surface area contributed by atoms with Crippen LogP contribution in [0.15, 0.2) is 34.7 Å². The topological polar surface area (TPSA) is 82.9 Å². The van der Waals surface area contributed by atoms with E-state index in [0.717, 1.165) is 27.6 Å². The number of anilines is 2. The third kappa shape index (κ3) is 2.28. The summed E-state index contributed by atoms with van der Waals surface area (Å²) in [6.07, 6.45) is 0. The predicted octanol–water partition coefficient (Wildman–Crippen LogP) is 2.27. The van der Waals surface area contributed by atoms with Crippen LogP contribution in [-0.4, -0.2) is 36.5 Å². The van der Waals surface area contributed by atoms with Crippen LogP contribution in [0.2, 0.25) is 0 Å². The smallest absolute Gasteiger partial charge is 0.160 e. The highest BCUT2D eigenvalue weighted by molar-refractivity contribution is 6.15. The van der Waals surface area contributed by atoms with E-state index in [2.05, 4.69) is 0 Å². The van der Waals surface area contributed by atoms with Crippen LogP contribution in [0.4, 0.5) is 11.4 Å². The number of hydrogen-bond acceptors (Lipinski definition) is 5. The van der Waals surface area contributed by atoms with E-state index in [0.29, 0.717) is 24.4 Å². The molecule has 2 aromatic carbocycles. The molecule has 0 radical (unpaired) electrons. The molecule has 22 heavy (non-hydrogen) atoms. The van der Waals surface area contributed by atoms with Gasteiger partial charge in [-0.25, -0.2) is 0 Å². The van der Waals surface area contributed by atoms with E-state index in [4.69, 9.17) is 10.2 Å². The van der Waals surface area contributed by atoms with Gasteiger partial charge < -0.3 is 25.3 Å². The number of furan rings is 1. The van der Waals surface area contributed by atoms with Crippen molar-refractivity contribution in [2.75, 3.05) is 36.9 Å². The molecular weight excluding hydrogens is 280 g/mol. The number of benzene rings is 2. The lowest BCUT2D eigenvalue weighted by Gasteiger charge is -2.24. The summed E-state index contributed by atoms with van der Waals surface area (Å²) < 4.78 is 6.01. The van der Waals surface area contributed by atoms with E-state index in [1.165, 1.54) is 0 Å². The fourth-order valence-corrected chi connectivity index (χ4v) is 2.87. The summed E-state index contributed by atoms with van der Waals surface area (Å²) in [4.78, 5) is 1.91. The predicted molar refractivity (Wildman–Crippen MR) is 89.3 cm³/mol. The molecule has 0 saturated carbocycles. The van der Waals surface area contributed by atoms with Crippen LogP contribution in [-0.2, 0) is 0 Å². The molecule has 1 heterocycles. The second-order valence-electron chi connectivity index (χ2n) is 5.36. The van der Waals surface area contributed by atoms with Crippen molar-refractivity contribution >= 4 is 33.3 Å². The van der Waals surface area contributed by atoms with Gasteiger partial charge in [0.1, 0.15) is 5.58 Å². The van der Waals surface area contributed by atoms with Gasteiger partial charge in [0, 0.05) is 24.2 Å². The fourth-order valence-electron chi connectivity index (χ4n) is 2.87. The molecule has 0 aliphatic carbocycles. The summed E-state index contributed by atoms with van der Waals surface area (Å²) in [5, 5.41) is 20.4. The van der Waals surface area contributed by atoms with E-state index in [-0.39, 0.29) is 13.2 Å². The van der Waals surface area contributed by atoms with Crippen LogP contribution in [0, 0.1) is 6.92 Å². The number of nitrogens with two attached hydrogens (primary N) is 1. The quantitative estimate of drug-likeness (QED) is 0.630. The van der Waals surface area contributed by atoms with Crippen molar-refractivity contribution in [1.82, 2.24) is 0 Å². The standard InChI is InChI=1S/C17H20N2O3/c1-11-10-13(19(6-8-20)7-9-21)17-15(16(11)18)12-4-2-3-5-14(12)22-17/h2-5,10,20-21H,6-9,18H2,1H3. The maximum atomic E-state index is 9.28. The molecule has 5 nitrogen and oxygen atoms in total. The van der Waals surface area contributed by atoms with E-state index in [1.54, 1.807) is 0 Å². The Labute approximate surface area is 128 Å². The van der Waals surface area contributed by atoms with E-state index < -0.39 is 0 Å². The summed E-state index contributed by atoms with van der Waals surface area (Å²) >= 11 is 0. The summed E-state index contributed by atoms with van der Waals surface area (Å²) in [5.41, 5.74) is 10.3.